The van der Waals surface area contributed by atoms with Crippen LogP contribution in [0.2, 0.25) is 0 Å². The smallest absolute Gasteiger partial charge is 0.336 e. The number of carbonyl (C=O) groups is 3. The molecule has 0 saturated heterocycles. The van der Waals surface area contributed by atoms with Gasteiger partial charge in [-0.25, -0.2) is 9.59 Å². The second-order valence-corrected chi connectivity index (χ2v) is 4.33. The van der Waals surface area contributed by atoms with E-state index in [1.807, 2.05) is 0 Å². The largest absolute Gasteiger partial charge is 0.478 e. The van der Waals surface area contributed by atoms with Crippen molar-refractivity contribution in [3.8, 4) is 0 Å². The van der Waals surface area contributed by atoms with Gasteiger partial charge in [-0.15, -0.1) is 0 Å². The third-order valence-corrected chi connectivity index (χ3v) is 2.89. The molecule has 7 nitrogen and oxygen atoms in total. The summed E-state index contributed by atoms with van der Waals surface area (Å²) in [6.45, 7) is 0.370. The van der Waals surface area contributed by atoms with Gasteiger partial charge < -0.3 is 20.9 Å². The molecular weight excluding hydrogens is 276 g/mol. The number of nitrogens with two attached hydrogens (primary N) is 1. The van der Waals surface area contributed by atoms with Gasteiger partial charge in [-0.05, 0) is 31.5 Å². The summed E-state index contributed by atoms with van der Waals surface area (Å²) in [6.07, 6.45) is 0.852. The summed E-state index contributed by atoms with van der Waals surface area (Å²) in [7, 11) is 1.22. The predicted molar refractivity (Wildman–Crippen MR) is 75.0 cm³/mol. The Morgan fingerprint density at radius 3 is 2.43 bits per heavy atom. The summed E-state index contributed by atoms with van der Waals surface area (Å²) in [5.74, 6) is -2.44. The number of ether oxygens (including phenoxy) is 1. The molecular formula is C14H18N2O5. The lowest BCUT2D eigenvalue weighted by Gasteiger charge is -2.16. The Bertz CT molecular complexity index is 530. The van der Waals surface area contributed by atoms with E-state index in [0.717, 1.165) is 0 Å². The number of hydrogen-bond acceptors (Lipinski definition) is 5. The molecule has 0 heterocycles. The molecule has 21 heavy (non-hydrogen) atoms. The van der Waals surface area contributed by atoms with Crippen molar-refractivity contribution >= 4 is 17.8 Å². The summed E-state index contributed by atoms with van der Waals surface area (Å²) in [5, 5.41) is 11.5. The topological polar surface area (TPSA) is 119 Å². The maximum absolute atomic E-state index is 12.2. The molecule has 0 bridgehead atoms. The highest BCUT2D eigenvalue weighted by molar-refractivity contribution is 6.05. The first kappa shape index (κ1) is 16.6. The molecule has 1 rings (SSSR count). The normalized spacial score (nSPS) is 11.5. The van der Waals surface area contributed by atoms with Gasteiger partial charge in [-0.3, -0.25) is 4.79 Å². The van der Waals surface area contributed by atoms with Crippen LogP contribution in [0, 0.1) is 0 Å². The number of carboxylic acids is 1. The molecule has 1 atom stereocenters. The molecule has 0 radical (unpaired) electrons. The van der Waals surface area contributed by atoms with Gasteiger partial charge in [-0.1, -0.05) is 12.1 Å². The molecule has 1 aromatic carbocycles. The third-order valence-electron chi connectivity index (χ3n) is 2.89. The Kier molecular flexibility index (Phi) is 6.35. The van der Waals surface area contributed by atoms with Gasteiger partial charge in [0.15, 0.2) is 0 Å². The Morgan fingerprint density at radius 2 is 1.90 bits per heavy atom. The summed E-state index contributed by atoms with van der Waals surface area (Å²) >= 11 is 0. The number of benzene rings is 1. The van der Waals surface area contributed by atoms with E-state index in [1.165, 1.54) is 25.3 Å². The molecule has 1 amide bonds. The molecule has 0 fully saturated rings. The number of amides is 1. The lowest BCUT2D eigenvalue weighted by molar-refractivity contribution is -0.143. The lowest BCUT2D eigenvalue weighted by atomic mass is 10.1. The van der Waals surface area contributed by atoms with Crippen LogP contribution in [0.1, 0.15) is 33.6 Å². The number of esters is 1. The Hall–Kier alpha value is -2.41. The Labute approximate surface area is 122 Å². The molecule has 114 valence electrons. The fourth-order valence-electron chi connectivity index (χ4n) is 1.82. The lowest BCUT2D eigenvalue weighted by Crippen LogP contribution is -2.42. The fraction of sp³-hybridized carbons (Fsp3) is 0.357. The van der Waals surface area contributed by atoms with Crippen molar-refractivity contribution in [1.29, 1.82) is 0 Å². The van der Waals surface area contributed by atoms with Crippen molar-refractivity contribution in [2.75, 3.05) is 13.7 Å². The zero-order chi connectivity index (χ0) is 15.8. The predicted octanol–water partition coefficient (Wildman–Crippen LogP) is 0.395. The average Bonchev–Trinajstić information content (AvgIpc) is 2.50. The number of rotatable bonds is 7. The van der Waals surface area contributed by atoms with Crippen LogP contribution in [0.4, 0.5) is 0 Å². The van der Waals surface area contributed by atoms with Crippen LogP contribution in [0.15, 0.2) is 24.3 Å². The zero-order valence-electron chi connectivity index (χ0n) is 11.7. The first-order chi connectivity index (χ1) is 10.0. The highest BCUT2D eigenvalue weighted by Gasteiger charge is 2.23. The van der Waals surface area contributed by atoms with Crippen LogP contribution < -0.4 is 11.1 Å². The van der Waals surface area contributed by atoms with E-state index in [1.54, 1.807) is 6.07 Å². The van der Waals surface area contributed by atoms with Crippen molar-refractivity contribution < 1.29 is 24.2 Å². The molecule has 0 spiro atoms. The van der Waals surface area contributed by atoms with E-state index >= 15 is 0 Å². The number of carboxylic acid groups (broad SMARTS) is 1. The minimum Gasteiger partial charge on any atom is -0.478 e. The first-order valence-electron chi connectivity index (χ1n) is 6.42. The van der Waals surface area contributed by atoms with Crippen molar-refractivity contribution in [3.63, 3.8) is 0 Å². The van der Waals surface area contributed by atoms with Gasteiger partial charge in [0, 0.05) is 0 Å². The molecule has 4 N–H and O–H groups in total. The molecule has 7 heteroatoms. The third kappa shape index (κ3) is 4.57. The molecule has 0 aliphatic carbocycles. The van der Waals surface area contributed by atoms with Crippen molar-refractivity contribution in [2.45, 2.75) is 18.9 Å². The number of carbonyl (C=O) groups excluding carboxylic acids is 2. The second-order valence-electron chi connectivity index (χ2n) is 4.33. The van der Waals surface area contributed by atoms with E-state index < -0.39 is 23.9 Å². The molecule has 0 unspecified atom stereocenters. The number of methoxy groups -OCH3 is 1. The zero-order valence-corrected chi connectivity index (χ0v) is 11.7. The summed E-state index contributed by atoms with van der Waals surface area (Å²) in [6, 6.07) is 4.93. The van der Waals surface area contributed by atoms with E-state index in [-0.39, 0.29) is 11.1 Å². The Balaban J connectivity index is 2.91. The number of aromatic carboxylic acids is 1. The van der Waals surface area contributed by atoms with E-state index in [2.05, 4.69) is 10.1 Å². The van der Waals surface area contributed by atoms with Gasteiger partial charge in [0.05, 0.1) is 18.2 Å². The summed E-state index contributed by atoms with van der Waals surface area (Å²) in [5.41, 5.74) is 5.25. The van der Waals surface area contributed by atoms with E-state index in [0.29, 0.717) is 19.4 Å². The maximum Gasteiger partial charge on any atom is 0.336 e. The quantitative estimate of drug-likeness (QED) is 0.626. The van der Waals surface area contributed by atoms with Crippen molar-refractivity contribution in [1.82, 2.24) is 5.32 Å². The molecule has 1 aromatic rings. The SMILES string of the molecule is COC(=O)[C@H](CCCN)NC(=O)c1ccccc1C(=O)O. The number of hydrogen-bond donors (Lipinski definition) is 3. The fourth-order valence-corrected chi connectivity index (χ4v) is 1.82. The van der Waals surface area contributed by atoms with Gasteiger partial charge in [0.1, 0.15) is 6.04 Å². The summed E-state index contributed by atoms with van der Waals surface area (Å²) < 4.78 is 4.61. The molecule has 0 saturated carbocycles. The van der Waals surface area contributed by atoms with Crippen LogP contribution in [-0.4, -0.2) is 42.6 Å². The van der Waals surface area contributed by atoms with Crippen molar-refractivity contribution in [3.05, 3.63) is 35.4 Å². The maximum atomic E-state index is 12.2. The van der Waals surface area contributed by atoms with Gasteiger partial charge in [0.2, 0.25) is 0 Å². The van der Waals surface area contributed by atoms with Gasteiger partial charge >= 0.3 is 11.9 Å². The Morgan fingerprint density at radius 1 is 1.29 bits per heavy atom. The second kappa shape index (κ2) is 8.01. The minimum absolute atomic E-state index is 0.00773. The van der Waals surface area contributed by atoms with Crippen LogP contribution in [-0.2, 0) is 9.53 Å². The molecule has 0 aliphatic heterocycles. The average molecular weight is 294 g/mol. The molecule has 0 aliphatic rings. The minimum atomic E-state index is -1.21. The monoisotopic (exact) mass is 294 g/mol. The van der Waals surface area contributed by atoms with Crippen LogP contribution in [0.5, 0.6) is 0 Å². The van der Waals surface area contributed by atoms with E-state index in [4.69, 9.17) is 10.8 Å². The van der Waals surface area contributed by atoms with Crippen molar-refractivity contribution in [2.24, 2.45) is 5.73 Å². The van der Waals surface area contributed by atoms with E-state index in [9.17, 15) is 14.4 Å². The molecule has 0 aromatic heterocycles. The van der Waals surface area contributed by atoms with Crippen LogP contribution >= 0.6 is 0 Å². The van der Waals surface area contributed by atoms with Crippen LogP contribution in [0.25, 0.3) is 0 Å². The van der Waals surface area contributed by atoms with Gasteiger partial charge in [0.25, 0.3) is 5.91 Å². The highest BCUT2D eigenvalue weighted by Crippen LogP contribution is 2.10. The number of nitrogens with one attached hydrogen (secondary N) is 1. The van der Waals surface area contributed by atoms with Gasteiger partial charge in [-0.2, -0.15) is 0 Å². The standard InChI is InChI=1S/C14H18N2O5/c1-21-14(20)11(7-4-8-15)16-12(17)9-5-2-3-6-10(9)13(18)19/h2-3,5-6,11H,4,7-8,15H2,1H3,(H,16,17)(H,18,19)/t11-/m0/s1. The first-order valence-corrected chi connectivity index (χ1v) is 6.42. The van der Waals surface area contributed by atoms with Crippen LogP contribution in [0.3, 0.4) is 0 Å². The summed E-state index contributed by atoms with van der Waals surface area (Å²) in [4.78, 5) is 34.8. The highest BCUT2D eigenvalue weighted by atomic mass is 16.5.